The minimum atomic E-state index is -5.08. The van der Waals surface area contributed by atoms with Crippen LogP contribution in [0.5, 0.6) is 0 Å². The first-order valence-electron chi connectivity index (χ1n) is 8.15. The summed E-state index contributed by atoms with van der Waals surface area (Å²) in [5.41, 5.74) is -3.79. The van der Waals surface area contributed by atoms with Crippen LogP contribution in [0.3, 0.4) is 0 Å². The number of rotatable bonds is 4. The minimum Gasteiger partial charge on any atom is -0.305 e. The Morgan fingerprint density at radius 3 is 2.45 bits per heavy atom. The van der Waals surface area contributed by atoms with E-state index in [9.17, 15) is 35.5 Å². The van der Waals surface area contributed by atoms with Crippen molar-refractivity contribution in [2.24, 2.45) is 0 Å². The molecule has 6 nitrogen and oxygen atoms in total. The van der Waals surface area contributed by atoms with E-state index in [0.29, 0.717) is 23.1 Å². The Morgan fingerprint density at radius 1 is 1.10 bits per heavy atom. The van der Waals surface area contributed by atoms with Crippen molar-refractivity contribution in [3.05, 3.63) is 69.9 Å². The van der Waals surface area contributed by atoms with Gasteiger partial charge in [0.15, 0.2) is 11.5 Å². The summed E-state index contributed by atoms with van der Waals surface area (Å²) in [5.74, 6) is -2.99. The summed E-state index contributed by atoms with van der Waals surface area (Å²) < 4.78 is 93.0. The lowest BCUT2D eigenvalue weighted by Crippen LogP contribution is -2.22. The van der Waals surface area contributed by atoms with Crippen LogP contribution in [0.15, 0.2) is 36.7 Å². The smallest absolute Gasteiger partial charge is 0.305 e. The van der Waals surface area contributed by atoms with E-state index in [1.54, 1.807) is 0 Å². The lowest BCUT2D eigenvalue weighted by atomic mass is 10.2. The van der Waals surface area contributed by atoms with E-state index in [-0.39, 0.29) is 5.56 Å². The molecule has 0 saturated heterocycles. The zero-order valence-corrected chi connectivity index (χ0v) is 15.6. The van der Waals surface area contributed by atoms with Gasteiger partial charge in [0.05, 0.1) is 35.1 Å². The van der Waals surface area contributed by atoms with Crippen LogP contribution in [-0.2, 0) is 18.9 Å². The summed E-state index contributed by atoms with van der Waals surface area (Å²) in [7, 11) is 0. The Morgan fingerprint density at radius 2 is 1.81 bits per heavy atom. The third-order valence-corrected chi connectivity index (χ3v) is 4.35. The van der Waals surface area contributed by atoms with E-state index >= 15 is 0 Å². The molecule has 0 aliphatic rings. The molecular weight excluding hydrogens is 459 g/mol. The Bertz CT molecular complexity index is 1130. The second-order valence-electron chi connectivity index (χ2n) is 6.06. The van der Waals surface area contributed by atoms with Gasteiger partial charge in [-0.15, -0.1) is 5.10 Å². The maximum absolute atomic E-state index is 13.6. The highest BCUT2D eigenvalue weighted by Crippen LogP contribution is 2.34. The number of hydrogen-bond acceptors (Lipinski definition) is 4. The monoisotopic (exact) mass is 467 g/mol. The highest BCUT2D eigenvalue weighted by atomic mass is 35.5. The number of nitrogens with one attached hydrogen (secondary N) is 1. The summed E-state index contributed by atoms with van der Waals surface area (Å²) in [6, 6.07) is 3.92. The fraction of sp³-hybridized carbons (Fsp3) is 0.176. The number of carbonyl (C=O) groups excluding carboxylic acids is 1. The first-order chi connectivity index (χ1) is 14.4. The van der Waals surface area contributed by atoms with Gasteiger partial charge in [0, 0.05) is 0 Å². The predicted molar refractivity (Wildman–Crippen MR) is 92.7 cm³/mol. The Kier molecular flexibility index (Phi) is 5.89. The number of benzene rings is 1. The molecule has 3 rings (SSSR count). The first-order valence-corrected chi connectivity index (χ1v) is 8.53. The van der Waals surface area contributed by atoms with Gasteiger partial charge in [-0.05, 0) is 17.7 Å². The van der Waals surface area contributed by atoms with Crippen LogP contribution in [0, 0.1) is 5.82 Å². The zero-order valence-electron chi connectivity index (χ0n) is 14.9. The summed E-state index contributed by atoms with van der Waals surface area (Å²) in [5, 5.41) is 11.2. The minimum absolute atomic E-state index is 0.0361. The molecule has 1 N–H and O–H groups in total. The van der Waals surface area contributed by atoms with Gasteiger partial charge in [-0.25, -0.2) is 4.39 Å². The van der Waals surface area contributed by atoms with Gasteiger partial charge in [-0.2, -0.15) is 36.5 Å². The Balaban J connectivity index is 1.95. The van der Waals surface area contributed by atoms with Crippen molar-refractivity contribution in [2.45, 2.75) is 18.9 Å². The van der Waals surface area contributed by atoms with Crippen molar-refractivity contribution in [1.82, 2.24) is 20.0 Å². The van der Waals surface area contributed by atoms with Gasteiger partial charge in [-0.1, -0.05) is 23.7 Å². The van der Waals surface area contributed by atoms with Crippen LogP contribution >= 0.6 is 11.6 Å². The van der Waals surface area contributed by atoms with Crippen LogP contribution in [0.1, 0.15) is 27.2 Å². The summed E-state index contributed by atoms with van der Waals surface area (Å²) in [4.78, 5) is 12.3. The summed E-state index contributed by atoms with van der Waals surface area (Å²) >= 11 is 5.75. The normalized spacial score (nSPS) is 12.1. The SMILES string of the molecule is O=C(Nc1cc(C(F)(F)F)cnn1)c1cnn(Cc2cccc(F)c2Cl)c1C(F)(F)F. The van der Waals surface area contributed by atoms with Gasteiger partial charge in [-0.3, -0.25) is 9.48 Å². The topological polar surface area (TPSA) is 72.7 Å². The van der Waals surface area contributed by atoms with Crippen LogP contribution in [0.4, 0.5) is 36.6 Å². The number of carbonyl (C=O) groups is 1. The highest BCUT2D eigenvalue weighted by molar-refractivity contribution is 6.31. The third kappa shape index (κ3) is 4.93. The number of hydrogen-bond donors (Lipinski definition) is 1. The molecule has 0 fully saturated rings. The third-order valence-electron chi connectivity index (χ3n) is 3.93. The molecule has 14 heteroatoms. The quantitative estimate of drug-likeness (QED) is 0.559. The maximum Gasteiger partial charge on any atom is 0.433 e. The lowest BCUT2D eigenvalue weighted by molar-refractivity contribution is -0.144. The van der Waals surface area contributed by atoms with E-state index in [4.69, 9.17) is 11.6 Å². The van der Waals surface area contributed by atoms with Crippen molar-refractivity contribution in [3.63, 3.8) is 0 Å². The lowest BCUT2D eigenvalue weighted by Gasteiger charge is -2.14. The molecule has 3 aromatic rings. The summed E-state index contributed by atoms with van der Waals surface area (Å²) in [6.45, 7) is -0.623. The van der Waals surface area contributed by atoms with Crippen LogP contribution < -0.4 is 5.32 Å². The second-order valence-corrected chi connectivity index (χ2v) is 6.43. The zero-order chi connectivity index (χ0) is 23.0. The molecule has 0 atom stereocenters. The van der Waals surface area contributed by atoms with Crippen molar-refractivity contribution in [1.29, 1.82) is 0 Å². The van der Waals surface area contributed by atoms with Crippen molar-refractivity contribution in [2.75, 3.05) is 5.32 Å². The van der Waals surface area contributed by atoms with E-state index < -0.39 is 58.3 Å². The first kappa shape index (κ1) is 22.5. The number of halogens is 8. The van der Waals surface area contributed by atoms with Crippen LogP contribution in [0.25, 0.3) is 0 Å². The van der Waals surface area contributed by atoms with E-state index in [1.807, 2.05) is 5.32 Å². The largest absolute Gasteiger partial charge is 0.433 e. The molecule has 2 aromatic heterocycles. The number of aromatic nitrogens is 4. The molecule has 0 unspecified atom stereocenters. The molecule has 0 radical (unpaired) electrons. The predicted octanol–water partition coefficient (Wildman–Crippen LogP) is 4.80. The molecule has 0 saturated carbocycles. The van der Waals surface area contributed by atoms with Crippen molar-refractivity contribution >= 4 is 23.3 Å². The molecule has 0 spiro atoms. The van der Waals surface area contributed by atoms with Gasteiger partial charge in [0.25, 0.3) is 5.91 Å². The number of amides is 1. The molecule has 2 heterocycles. The van der Waals surface area contributed by atoms with Gasteiger partial charge < -0.3 is 5.32 Å². The number of nitrogens with zero attached hydrogens (tertiary/aromatic N) is 4. The average molecular weight is 468 g/mol. The Labute approximate surface area is 173 Å². The average Bonchev–Trinajstić information content (AvgIpc) is 3.09. The maximum atomic E-state index is 13.6. The summed E-state index contributed by atoms with van der Waals surface area (Å²) in [6.07, 6.45) is -8.92. The van der Waals surface area contributed by atoms with Gasteiger partial charge in [0.2, 0.25) is 0 Å². The number of alkyl halides is 6. The fourth-order valence-corrected chi connectivity index (χ4v) is 2.75. The van der Waals surface area contributed by atoms with Gasteiger partial charge in [0.1, 0.15) is 5.82 Å². The molecule has 1 aromatic carbocycles. The van der Waals surface area contributed by atoms with E-state index in [1.165, 1.54) is 12.1 Å². The Hall–Kier alpha value is -3.22. The van der Waals surface area contributed by atoms with E-state index in [0.717, 1.165) is 6.07 Å². The molecule has 0 aliphatic carbocycles. The molecular formula is C17H9ClF7N5O. The molecule has 1 amide bonds. The van der Waals surface area contributed by atoms with Crippen LogP contribution in [-0.4, -0.2) is 25.9 Å². The molecule has 0 bridgehead atoms. The number of anilines is 1. The molecule has 0 aliphatic heterocycles. The highest BCUT2D eigenvalue weighted by Gasteiger charge is 2.40. The molecule has 31 heavy (non-hydrogen) atoms. The van der Waals surface area contributed by atoms with Crippen molar-refractivity contribution < 1.29 is 35.5 Å². The van der Waals surface area contributed by atoms with Gasteiger partial charge >= 0.3 is 12.4 Å². The van der Waals surface area contributed by atoms with E-state index in [2.05, 4.69) is 15.3 Å². The van der Waals surface area contributed by atoms with Crippen LogP contribution in [0.2, 0.25) is 5.02 Å². The van der Waals surface area contributed by atoms with Crippen molar-refractivity contribution in [3.8, 4) is 0 Å². The fourth-order valence-electron chi connectivity index (χ4n) is 2.57. The second kappa shape index (κ2) is 8.13. The standard InChI is InChI=1S/C17H9ClF7N5O/c18-13-8(2-1-3-11(13)19)7-30-14(17(23,24)25)10(6-27-30)15(31)28-12-4-9(5-26-29-12)16(20,21)22/h1-6H,7H2,(H,28,29,31). The molecule has 164 valence electrons.